The third-order valence-electron chi connectivity index (χ3n) is 7.85. The van der Waals surface area contributed by atoms with Gasteiger partial charge in [0.1, 0.15) is 17.9 Å². The molecular weight excluding hydrogens is 574 g/mol. The van der Waals surface area contributed by atoms with E-state index in [4.69, 9.17) is 9.72 Å². The number of pyridine rings is 3. The number of carbonyl (C=O) groups is 2. The van der Waals surface area contributed by atoms with Gasteiger partial charge in [-0.1, -0.05) is 30.3 Å². The number of hydrogen-bond donors (Lipinski definition) is 1. The predicted octanol–water partition coefficient (Wildman–Crippen LogP) is 6.80. The fourth-order valence-corrected chi connectivity index (χ4v) is 5.20. The van der Waals surface area contributed by atoms with E-state index in [1.54, 1.807) is 36.6 Å². The zero-order valence-electron chi connectivity index (χ0n) is 26.7. The maximum absolute atomic E-state index is 13.1. The molecule has 5 aromatic rings. The van der Waals surface area contributed by atoms with E-state index in [0.29, 0.717) is 6.61 Å². The van der Waals surface area contributed by atoms with E-state index in [1.165, 1.54) is 6.08 Å². The number of aromatic nitrogens is 3. The third kappa shape index (κ3) is 7.71. The van der Waals surface area contributed by atoms with Gasteiger partial charge in [0, 0.05) is 48.5 Å². The van der Waals surface area contributed by atoms with Gasteiger partial charge in [0.2, 0.25) is 11.8 Å². The normalized spacial score (nSPS) is 11.3. The quantitative estimate of drug-likeness (QED) is 0.175. The number of likely N-dealkylation sites (N-methyl/N-ethyl adjacent to an activating group) is 1. The summed E-state index contributed by atoms with van der Waals surface area (Å²) < 4.78 is 6.31. The summed E-state index contributed by atoms with van der Waals surface area (Å²) in [5.41, 5.74) is 9.29. The van der Waals surface area contributed by atoms with Crippen LogP contribution < -0.4 is 15.0 Å². The van der Waals surface area contributed by atoms with Crippen molar-refractivity contribution in [1.82, 2.24) is 20.3 Å². The van der Waals surface area contributed by atoms with Gasteiger partial charge in [0.15, 0.2) is 0 Å². The molecule has 5 rings (SSSR count). The van der Waals surface area contributed by atoms with E-state index in [9.17, 15) is 9.59 Å². The van der Waals surface area contributed by atoms with Crippen LogP contribution in [0.15, 0.2) is 85.3 Å². The van der Waals surface area contributed by atoms with Crippen LogP contribution in [-0.4, -0.2) is 40.4 Å². The Hall–Kier alpha value is -5.63. The Kier molecular flexibility index (Phi) is 9.97. The Morgan fingerprint density at radius 2 is 1.70 bits per heavy atom. The number of nitrogens with zero attached hydrogens (tertiary/aromatic N) is 4. The van der Waals surface area contributed by atoms with Crippen molar-refractivity contribution in [3.8, 4) is 5.75 Å². The van der Waals surface area contributed by atoms with E-state index in [1.807, 2.05) is 81.5 Å². The molecule has 8 nitrogen and oxygen atoms in total. The second-order valence-corrected chi connectivity index (χ2v) is 11.2. The van der Waals surface area contributed by atoms with Crippen LogP contribution in [0.3, 0.4) is 0 Å². The molecule has 0 aliphatic carbocycles. The first-order chi connectivity index (χ1) is 22.2. The topological polar surface area (TPSA) is 97.3 Å². The number of fused-ring (bicyclic) bond motifs is 1. The fraction of sp³-hybridized carbons (Fsp3) is 0.184. The number of hydrogen-bond acceptors (Lipinski definition) is 6. The SMILES string of the molecule is Cc1cc(C)c2cccc(OCc3c(C)ccc(N(C)C(=O)CNC(=O)/C=C/c4ccc(/C=C/c5ccncc5)nc4)c3C)c2n1. The number of aryl methyl sites for hydroxylation is 3. The first-order valence-corrected chi connectivity index (χ1v) is 15.0. The molecule has 0 atom stereocenters. The molecule has 8 heteroatoms. The lowest BCUT2D eigenvalue weighted by molar-refractivity contribution is -0.122. The zero-order valence-corrected chi connectivity index (χ0v) is 26.7. The van der Waals surface area contributed by atoms with Crippen LogP contribution in [0.4, 0.5) is 5.69 Å². The minimum absolute atomic E-state index is 0.143. The van der Waals surface area contributed by atoms with Gasteiger partial charge in [-0.25, -0.2) is 4.98 Å². The average molecular weight is 612 g/mol. The summed E-state index contributed by atoms with van der Waals surface area (Å²) in [6, 6.07) is 19.5. The maximum Gasteiger partial charge on any atom is 0.246 e. The molecule has 1 N–H and O–H groups in total. The number of nitrogens with one attached hydrogen (secondary N) is 1. The van der Waals surface area contributed by atoms with Gasteiger partial charge in [-0.2, -0.15) is 0 Å². The maximum atomic E-state index is 13.1. The average Bonchev–Trinajstić information content (AvgIpc) is 3.06. The molecule has 0 bridgehead atoms. The Balaban J connectivity index is 1.18. The van der Waals surface area contributed by atoms with Gasteiger partial charge < -0.3 is 15.0 Å². The molecule has 0 aliphatic heterocycles. The smallest absolute Gasteiger partial charge is 0.246 e. The monoisotopic (exact) mass is 611 g/mol. The summed E-state index contributed by atoms with van der Waals surface area (Å²) in [4.78, 5) is 40.3. The molecule has 0 spiro atoms. The molecule has 3 aromatic heterocycles. The van der Waals surface area contributed by atoms with Crippen molar-refractivity contribution in [3.05, 3.63) is 130 Å². The lowest BCUT2D eigenvalue weighted by atomic mass is 10.0. The van der Waals surface area contributed by atoms with Crippen molar-refractivity contribution in [2.24, 2.45) is 0 Å². The van der Waals surface area contributed by atoms with Crippen LogP contribution in [-0.2, 0) is 16.2 Å². The highest BCUT2D eigenvalue weighted by atomic mass is 16.5. The van der Waals surface area contributed by atoms with Gasteiger partial charge in [-0.15, -0.1) is 0 Å². The molecule has 2 aromatic carbocycles. The molecule has 0 aliphatic rings. The Morgan fingerprint density at radius 1 is 0.891 bits per heavy atom. The molecule has 0 radical (unpaired) electrons. The highest BCUT2D eigenvalue weighted by Crippen LogP contribution is 2.30. The Morgan fingerprint density at radius 3 is 2.46 bits per heavy atom. The second kappa shape index (κ2) is 14.4. The van der Waals surface area contributed by atoms with Gasteiger partial charge in [-0.3, -0.25) is 19.6 Å². The number of ether oxygens (including phenoxy) is 1. The lowest BCUT2D eigenvalue weighted by Crippen LogP contribution is -2.38. The molecule has 232 valence electrons. The van der Waals surface area contributed by atoms with E-state index in [-0.39, 0.29) is 18.4 Å². The summed E-state index contributed by atoms with van der Waals surface area (Å²) in [5, 5.41) is 3.75. The number of rotatable bonds is 10. The largest absolute Gasteiger partial charge is 0.487 e. The highest BCUT2D eigenvalue weighted by Gasteiger charge is 2.17. The molecule has 0 saturated heterocycles. The number of para-hydroxylation sites is 1. The van der Waals surface area contributed by atoms with Crippen molar-refractivity contribution >= 4 is 46.6 Å². The Bertz CT molecular complexity index is 1930. The third-order valence-corrected chi connectivity index (χ3v) is 7.85. The van der Waals surface area contributed by atoms with Crippen LogP contribution in [0.5, 0.6) is 5.75 Å². The number of carbonyl (C=O) groups excluding carboxylic acids is 2. The fourth-order valence-electron chi connectivity index (χ4n) is 5.20. The van der Waals surface area contributed by atoms with Gasteiger partial charge >= 0.3 is 0 Å². The van der Waals surface area contributed by atoms with Crippen LogP contribution in [0.25, 0.3) is 29.1 Å². The summed E-state index contributed by atoms with van der Waals surface area (Å²) in [5.74, 6) is 0.113. The van der Waals surface area contributed by atoms with Crippen molar-refractivity contribution in [2.75, 3.05) is 18.5 Å². The molecular formula is C38H37N5O3. The lowest BCUT2D eigenvalue weighted by Gasteiger charge is -2.23. The second-order valence-electron chi connectivity index (χ2n) is 11.2. The first-order valence-electron chi connectivity index (χ1n) is 15.0. The molecule has 46 heavy (non-hydrogen) atoms. The Labute approximate surface area is 269 Å². The van der Waals surface area contributed by atoms with Crippen molar-refractivity contribution in [1.29, 1.82) is 0 Å². The van der Waals surface area contributed by atoms with Gasteiger partial charge in [-0.05, 0) is 110 Å². The van der Waals surface area contributed by atoms with E-state index in [0.717, 1.165) is 67.1 Å². The van der Waals surface area contributed by atoms with E-state index < -0.39 is 0 Å². The van der Waals surface area contributed by atoms with Gasteiger partial charge in [0.25, 0.3) is 0 Å². The van der Waals surface area contributed by atoms with Crippen LogP contribution in [0.2, 0.25) is 0 Å². The van der Waals surface area contributed by atoms with Crippen molar-refractivity contribution in [3.63, 3.8) is 0 Å². The van der Waals surface area contributed by atoms with Crippen LogP contribution in [0, 0.1) is 27.7 Å². The molecule has 0 unspecified atom stereocenters. The number of anilines is 1. The number of amides is 2. The van der Waals surface area contributed by atoms with E-state index in [2.05, 4.69) is 34.3 Å². The zero-order chi connectivity index (χ0) is 32.6. The highest BCUT2D eigenvalue weighted by molar-refractivity contribution is 5.99. The molecule has 0 saturated carbocycles. The standard InChI is InChI=1S/C38H37N5O3/c1-25-9-15-34(28(4)33(25)24-46-35-8-6-7-32-26(2)21-27(3)42-38(32)35)43(5)37(45)23-41-36(44)16-12-30-11-14-31(40-22-30)13-10-29-17-19-39-20-18-29/h6-22H,23-24H2,1-5H3,(H,41,44)/b13-10+,16-12+. The van der Waals surface area contributed by atoms with Crippen molar-refractivity contribution < 1.29 is 14.3 Å². The molecule has 0 fully saturated rings. The summed E-state index contributed by atoms with van der Waals surface area (Å²) in [6.07, 6.45) is 12.1. The predicted molar refractivity (Wildman–Crippen MR) is 184 cm³/mol. The van der Waals surface area contributed by atoms with Crippen molar-refractivity contribution in [2.45, 2.75) is 34.3 Å². The summed E-state index contributed by atoms with van der Waals surface area (Å²) in [7, 11) is 1.71. The minimum atomic E-state index is -0.368. The first kappa shape index (κ1) is 31.8. The number of benzene rings is 2. The minimum Gasteiger partial charge on any atom is -0.487 e. The van der Waals surface area contributed by atoms with E-state index >= 15 is 0 Å². The van der Waals surface area contributed by atoms with Crippen LogP contribution in [0.1, 0.15) is 44.8 Å². The van der Waals surface area contributed by atoms with Crippen LogP contribution >= 0.6 is 0 Å². The summed E-state index contributed by atoms with van der Waals surface area (Å²) in [6.45, 7) is 8.26. The summed E-state index contributed by atoms with van der Waals surface area (Å²) >= 11 is 0. The van der Waals surface area contributed by atoms with Gasteiger partial charge in [0.05, 0.1) is 12.2 Å². The molecule has 3 heterocycles. The molecule has 2 amide bonds.